The smallest absolute Gasteiger partial charge is 0.228 e. The van der Waals surface area contributed by atoms with E-state index >= 15 is 0 Å². The Labute approximate surface area is 176 Å². The zero-order valence-electron chi connectivity index (χ0n) is 17.2. The van der Waals surface area contributed by atoms with Gasteiger partial charge in [0, 0.05) is 32.2 Å². The molecule has 2 aromatic carbocycles. The van der Waals surface area contributed by atoms with Crippen LogP contribution in [0.15, 0.2) is 48.5 Å². The van der Waals surface area contributed by atoms with E-state index in [1.165, 1.54) is 11.1 Å². The average Bonchev–Trinajstić information content (AvgIpc) is 3.14. The fourth-order valence-corrected chi connectivity index (χ4v) is 5.17. The second-order valence-corrected chi connectivity index (χ2v) is 8.38. The van der Waals surface area contributed by atoms with Gasteiger partial charge in [0.2, 0.25) is 11.8 Å². The molecular weight excluding hydrogens is 378 g/mol. The molecular formula is C24H27N3O3. The Hall–Kier alpha value is -2.70. The van der Waals surface area contributed by atoms with Crippen LogP contribution in [0.4, 0.5) is 5.69 Å². The van der Waals surface area contributed by atoms with E-state index in [9.17, 15) is 9.59 Å². The van der Waals surface area contributed by atoms with Crippen LogP contribution in [-0.4, -0.2) is 56.1 Å². The summed E-state index contributed by atoms with van der Waals surface area (Å²) in [7, 11) is 1.78. The van der Waals surface area contributed by atoms with Crippen molar-refractivity contribution in [1.29, 1.82) is 0 Å². The molecule has 6 heteroatoms. The molecule has 3 aliphatic rings. The maximum Gasteiger partial charge on any atom is 0.228 e. The van der Waals surface area contributed by atoms with Crippen LogP contribution >= 0.6 is 0 Å². The molecule has 1 aliphatic carbocycles. The summed E-state index contributed by atoms with van der Waals surface area (Å²) in [6.07, 6.45) is 1.02. The third-order valence-corrected chi connectivity index (χ3v) is 6.70. The van der Waals surface area contributed by atoms with Crippen molar-refractivity contribution in [1.82, 2.24) is 10.2 Å². The van der Waals surface area contributed by atoms with Gasteiger partial charge in [0.1, 0.15) is 0 Å². The van der Waals surface area contributed by atoms with E-state index in [4.69, 9.17) is 4.74 Å². The molecule has 2 aromatic rings. The number of morpholine rings is 1. The Kier molecular flexibility index (Phi) is 5.05. The first-order valence-electron chi connectivity index (χ1n) is 10.7. The number of hydrogen-bond acceptors (Lipinski definition) is 4. The minimum absolute atomic E-state index is 0.00470. The van der Waals surface area contributed by atoms with Gasteiger partial charge in [-0.15, -0.1) is 0 Å². The van der Waals surface area contributed by atoms with Crippen molar-refractivity contribution in [2.24, 2.45) is 0 Å². The lowest BCUT2D eigenvalue weighted by Crippen LogP contribution is -2.49. The zero-order chi connectivity index (χ0) is 20.7. The molecule has 0 aromatic heterocycles. The normalized spacial score (nSPS) is 26.2. The highest BCUT2D eigenvalue weighted by Gasteiger charge is 2.40. The number of amides is 2. The summed E-state index contributed by atoms with van der Waals surface area (Å²) < 4.78 is 5.55. The molecule has 1 saturated heterocycles. The molecule has 5 rings (SSSR count). The lowest BCUT2D eigenvalue weighted by molar-refractivity contribution is -0.128. The molecule has 0 unspecified atom stereocenters. The fraction of sp³-hybridized carbons (Fsp3) is 0.417. The Bertz CT molecular complexity index is 970. The molecule has 2 heterocycles. The molecule has 2 amide bonds. The van der Waals surface area contributed by atoms with E-state index in [1.807, 2.05) is 24.3 Å². The molecule has 1 N–H and O–H groups in total. The van der Waals surface area contributed by atoms with Crippen LogP contribution in [0.3, 0.4) is 0 Å². The summed E-state index contributed by atoms with van der Waals surface area (Å²) in [5.41, 5.74) is 4.34. The number of carbonyl (C=O) groups excluding carboxylic acids is 2. The van der Waals surface area contributed by atoms with Gasteiger partial charge in [-0.2, -0.15) is 0 Å². The first-order valence-corrected chi connectivity index (χ1v) is 10.7. The fourth-order valence-electron chi connectivity index (χ4n) is 5.17. The maximum absolute atomic E-state index is 13.4. The van der Waals surface area contributed by atoms with Crippen molar-refractivity contribution < 1.29 is 14.3 Å². The van der Waals surface area contributed by atoms with Gasteiger partial charge in [0.15, 0.2) is 0 Å². The van der Waals surface area contributed by atoms with Crippen LogP contribution in [0.1, 0.15) is 35.1 Å². The number of nitrogens with zero attached hydrogens (tertiary/aromatic N) is 2. The van der Waals surface area contributed by atoms with Crippen LogP contribution in [-0.2, 0) is 20.7 Å². The predicted molar refractivity (Wildman–Crippen MR) is 114 cm³/mol. The van der Waals surface area contributed by atoms with Gasteiger partial charge in [-0.3, -0.25) is 14.5 Å². The third-order valence-electron chi connectivity index (χ3n) is 6.70. The first kappa shape index (κ1) is 19.3. The summed E-state index contributed by atoms with van der Waals surface area (Å²) in [5, 5.41) is 3.33. The van der Waals surface area contributed by atoms with E-state index in [0.717, 1.165) is 44.0 Å². The minimum atomic E-state index is -0.445. The van der Waals surface area contributed by atoms with Crippen LogP contribution in [0, 0.1) is 0 Å². The van der Waals surface area contributed by atoms with Crippen molar-refractivity contribution in [2.75, 3.05) is 38.3 Å². The van der Waals surface area contributed by atoms with Gasteiger partial charge in [-0.05, 0) is 29.2 Å². The molecule has 0 saturated carbocycles. The van der Waals surface area contributed by atoms with Gasteiger partial charge in [-0.1, -0.05) is 42.5 Å². The van der Waals surface area contributed by atoms with Gasteiger partial charge in [0.25, 0.3) is 0 Å². The van der Waals surface area contributed by atoms with Crippen molar-refractivity contribution in [2.45, 2.75) is 30.8 Å². The van der Waals surface area contributed by atoms with Crippen molar-refractivity contribution >= 4 is 17.5 Å². The van der Waals surface area contributed by atoms with E-state index in [-0.39, 0.29) is 30.3 Å². The molecule has 1 fully saturated rings. The number of para-hydroxylation sites is 1. The lowest BCUT2D eigenvalue weighted by Gasteiger charge is -2.37. The molecule has 0 radical (unpaired) electrons. The quantitative estimate of drug-likeness (QED) is 0.851. The maximum atomic E-state index is 13.4. The zero-order valence-corrected chi connectivity index (χ0v) is 17.2. The first-order chi connectivity index (χ1) is 14.6. The van der Waals surface area contributed by atoms with Gasteiger partial charge in [-0.25, -0.2) is 0 Å². The third kappa shape index (κ3) is 3.30. The van der Waals surface area contributed by atoms with E-state index in [0.29, 0.717) is 0 Å². The number of hydrogen-bond donors (Lipinski definition) is 1. The summed E-state index contributed by atoms with van der Waals surface area (Å²) in [4.78, 5) is 30.0. The second-order valence-electron chi connectivity index (χ2n) is 8.38. The monoisotopic (exact) mass is 405 g/mol. The summed E-state index contributed by atoms with van der Waals surface area (Å²) in [6.45, 7) is 3.16. The summed E-state index contributed by atoms with van der Waals surface area (Å²) in [5.74, 6) is -0.521. The number of anilines is 1. The van der Waals surface area contributed by atoms with Crippen molar-refractivity contribution in [3.8, 4) is 0 Å². The number of benzene rings is 2. The van der Waals surface area contributed by atoms with E-state index in [2.05, 4.69) is 34.5 Å². The Morgan fingerprint density at radius 2 is 1.70 bits per heavy atom. The number of fused-ring (bicyclic) bond motifs is 2. The Balaban J connectivity index is 1.41. The lowest BCUT2D eigenvalue weighted by atomic mass is 9.88. The van der Waals surface area contributed by atoms with Crippen LogP contribution in [0.25, 0.3) is 0 Å². The second kappa shape index (κ2) is 7.85. The van der Waals surface area contributed by atoms with Gasteiger partial charge < -0.3 is 15.0 Å². The molecule has 0 bridgehead atoms. The van der Waals surface area contributed by atoms with Crippen LogP contribution < -0.4 is 10.2 Å². The molecule has 2 aliphatic heterocycles. The highest BCUT2D eigenvalue weighted by Crippen LogP contribution is 2.39. The number of rotatable bonds is 3. The van der Waals surface area contributed by atoms with E-state index < -0.39 is 5.92 Å². The molecule has 6 nitrogen and oxygen atoms in total. The number of ether oxygens (including phenoxy) is 1. The van der Waals surface area contributed by atoms with Gasteiger partial charge >= 0.3 is 0 Å². The largest absolute Gasteiger partial charge is 0.379 e. The molecule has 30 heavy (non-hydrogen) atoms. The predicted octanol–water partition coefficient (Wildman–Crippen LogP) is 2.25. The summed E-state index contributed by atoms with van der Waals surface area (Å²) in [6, 6.07) is 16.3. The van der Waals surface area contributed by atoms with Crippen molar-refractivity contribution in [3.63, 3.8) is 0 Å². The minimum Gasteiger partial charge on any atom is -0.379 e. The van der Waals surface area contributed by atoms with Crippen LogP contribution in [0.5, 0.6) is 0 Å². The number of nitrogens with one attached hydrogen (secondary N) is 1. The average molecular weight is 405 g/mol. The van der Waals surface area contributed by atoms with E-state index in [1.54, 1.807) is 11.9 Å². The van der Waals surface area contributed by atoms with Gasteiger partial charge in [0.05, 0.1) is 31.2 Å². The van der Waals surface area contributed by atoms with Crippen LogP contribution in [0.2, 0.25) is 0 Å². The van der Waals surface area contributed by atoms with Crippen molar-refractivity contribution in [3.05, 3.63) is 65.2 Å². The highest BCUT2D eigenvalue weighted by molar-refractivity contribution is 6.02. The number of carbonyl (C=O) groups is 2. The summed E-state index contributed by atoms with van der Waals surface area (Å²) >= 11 is 0. The molecule has 156 valence electrons. The standard InChI is InChI=1S/C24H27N3O3/c1-26-21-9-5-4-8-18(21)19(15-22(26)28)24(29)25-20-14-16-6-2-3-7-17(16)23(20)27-10-12-30-13-11-27/h2-9,19-20,23H,10-15H2,1H3,(H,25,29)/t19-,20+,23+/m0/s1. The highest BCUT2D eigenvalue weighted by atomic mass is 16.5. The SMILES string of the molecule is CN1C(=O)C[C@H](C(=O)N[C@@H]2Cc3ccccc3[C@H]2N2CCOCC2)c2ccccc21. The Morgan fingerprint density at radius 1 is 1.00 bits per heavy atom. The topological polar surface area (TPSA) is 61.9 Å². The molecule has 3 atom stereocenters. The molecule has 0 spiro atoms. The Morgan fingerprint density at radius 3 is 2.50 bits per heavy atom.